The molecule has 2 aromatic heterocycles. The van der Waals surface area contributed by atoms with Crippen molar-refractivity contribution >= 4 is 17.7 Å². The monoisotopic (exact) mass is 398 g/mol. The van der Waals surface area contributed by atoms with Crippen molar-refractivity contribution in [3.8, 4) is 5.69 Å². The van der Waals surface area contributed by atoms with Gasteiger partial charge in [0.25, 0.3) is 0 Å². The van der Waals surface area contributed by atoms with Gasteiger partial charge in [-0.1, -0.05) is 17.8 Å². The van der Waals surface area contributed by atoms with E-state index in [0.717, 1.165) is 11.3 Å². The number of aryl methyl sites for hydroxylation is 3. The second-order valence-corrected chi connectivity index (χ2v) is 8.12. The largest absolute Gasteiger partial charge is 0.335 e. The van der Waals surface area contributed by atoms with Gasteiger partial charge in [-0.05, 0) is 51.0 Å². The summed E-state index contributed by atoms with van der Waals surface area (Å²) < 4.78 is 3.67. The third-order valence-corrected chi connectivity index (χ3v) is 5.59. The molecule has 0 bridgehead atoms. The standard InChI is InChI=1S/C20H26N6OS/c1-14(2)25(11-17-9-22-24(5)10-17)19(27)12-28-20-23-21-13-26(20)18-7-6-15(3)16(4)8-18/h6-10,13-14H,11-12H2,1-5H3. The van der Waals surface area contributed by atoms with Gasteiger partial charge < -0.3 is 4.90 Å². The Kier molecular flexibility index (Phi) is 6.18. The van der Waals surface area contributed by atoms with E-state index in [4.69, 9.17) is 0 Å². The van der Waals surface area contributed by atoms with Crippen LogP contribution in [0.4, 0.5) is 0 Å². The summed E-state index contributed by atoms with van der Waals surface area (Å²) in [5.74, 6) is 0.376. The Labute approximate surface area is 169 Å². The van der Waals surface area contributed by atoms with E-state index >= 15 is 0 Å². The molecule has 1 aromatic carbocycles. The lowest BCUT2D eigenvalue weighted by Crippen LogP contribution is -2.37. The number of carbonyl (C=O) groups is 1. The first kappa shape index (κ1) is 20.1. The van der Waals surface area contributed by atoms with Crippen LogP contribution in [-0.2, 0) is 18.4 Å². The van der Waals surface area contributed by atoms with E-state index in [9.17, 15) is 4.79 Å². The zero-order valence-corrected chi connectivity index (χ0v) is 17.8. The maximum atomic E-state index is 12.9. The van der Waals surface area contributed by atoms with E-state index < -0.39 is 0 Å². The molecule has 2 heterocycles. The first-order valence-corrected chi connectivity index (χ1v) is 10.2. The third kappa shape index (κ3) is 4.62. The van der Waals surface area contributed by atoms with E-state index in [1.165, 1.54) is 22.9 Å². The molecule has 0 aliphatic heterocycles. The van der Waals surface area contributed by atoms with Gasteiger partial charge in [-0.2, -0.15) is 5.10 Å². The average molecular weight is 399 g/mol. The second-order valence-electron chi connectivity index (χ2n) is 7.18. The van der Waals surface area contributed by atoms with Crippen molar-refractivity contribution in [3.63, 3.8) is 0 Å². The van der Waals surface area contributed by atoms with Gasteiger partial charge in [0.15, 0.2) is 5.16 Å². The van der Waals surface area contributed by atoms with E-state index in [-0.39, 0.29) is 11.9 Å². The van der Waals surface area contributed by atoms with Crippen LogP contribution >= 0.6 is 11.8 Å². The van der Waals surface area contributed by atoms with Crippen LogP contribution in [0, 0.1) is 13.8 Å². The predicted molar refractivity (Wildman–Crippen MR) is 110 cm³/mol. The second kappa shape index (κ2) is 8.60. The number of rotatable bonds is 7. The van der Waals surface area contributed by atoms with Crippen LogP contribution in [0.3, 0.4) is 0 Å². The molecule has 0 aliphatic rings. The summed E-state index contributed by atoms with van der Waals surface area (Å²) in [6, 6.07) is 6.33. The molecule has 0 radical (unpaired) electrons. The molecule has 0 saturated heterocycles. The third-order valence-electron chi connectivity index (χ3n) is 4.66. The summed E-state index contributed by atoms with van der Waals surface area (Å²) in [5, 5.41) is 13.1. The van der Waals surface area contributed by atoms with Crippen molar-refractivity contribution in [2.24, 2.45) is 7.05 Å². The van der Waals surface area contributed by atoms with Gasteiger partial charge in [0.2, 0.25) is 5.91 Å². The van der Waals surface area contributed by atoms with E-state index in [2.05, 4.69) is 41.3 Å². The maximum Gasteiger partial charge on any atom is 0.233 e. The number of carbonyl (C=O) groups excluding carboxylic acids is 1. The number of hydrogen-bond donors (Lipinski definition) is 0. The summed E-state index contributed by atoms with van der Waals surface area (Å²) in [7, 11) is 1.88. The molecule has 28 heavy (non-hydrogen) atoms. The van der Waals surface area contributed by atoms with Crippen molar-refractivity contribution in [1.29, 1.82) is 0 Å². The molecule has 7 nitrogen and oxygen atoms in total. The number of aromatic nitrogens is 5. The molecule has 3 rings (SSSR count). The zero-order chi connectivity index (χ0) is 20.3. The van der Waals surface area contributed by atoms with Gasteiger partial charge >= 0.3 is 0 Å². The Morgan fingerprint density at radius 3 is 2.68 bits per heavy atom. The van der Waals surface area contributed by atoms with Gasteiger partial charge in [0, 0.05) is 37.1 Å². The Hall–Kier alpha value is -2.61. The summed E-state index contributed by atoms with van der Waals surface area (Å²) in [6.07, 6.45) is 5.42. The molecule has 0 atom stereocenters. The van der Waals surface area contributed by atoms with Gasteiger partial charge in [-0.15, -0.1) is 10.2 Å². The van der Waals surface area contributed by atoms with Crippen LogP contribution in [0.25, 0.3) is 5.69 Å². The minimum absolute atomic E-state index is 0.0680. The quantitative estimate of drug-likeness (QED) is 0.572. The SMILES string of the molecule is Cc1ccc(-n2cnnc2SCC(=O)N(Cc2cnn(C)c2)C(C)C)cc1C. The van der Waals surface area contributed by atoms with E-state index in [1.54, 1.807) is 17.2 Å². The molecule has 0 spiro atoms. The number of benzene rings is 1. The van der Waals surface area contributed by atoms with Gasteiger partial charge in [0.1, 0.15) is 6.33 Å². The molecule has 0 saturated carbocycles. The summed E-state index contributed by atoms with van der Waals surface area (Å²) in [4.78, 5) is 14.7. The smallest absolute Gasteiger partial charge is 0.233 e. The van der Waals surface area contributed by atoms with Gasteiger partial charge in [-0.3, -0.25) is 14.0 Å². The summed E-state index contributed by atoms with van der Waals surface area (Å²) >= 11 is 1.41. The highest BCUT2D eigenvalue weighted by molar-refractivity contribution is 7.99. The van der Waals surface area contributed by atoms with Crippen LogP contribution in [0.5, 0.6) is 0 Å². The van der Waals surface area contributed by atoms with Crippen molar-refractivity contribution < 1.29 is 4.79 Å². The van der Waals surface area contributed by atoms with Crippen LogP contribution in [0.2, 0.25) is 0 Å². The molecule has 8 heteroatoms. The van der Waals surface area contributed by atoms with Crippen LogP contribution in [0.1, 0.15) is 30.5 Å². The molecular weight excluding hydrogens is 372 g/mol. The fraction of sp³-hybridized carbons (Fsp3) is 0.400. The molecular formula is C20H26N6OS. The first-order chi connectivity index (χ1) is 13.3. The molecule has 0 fully saturated rings. The Bertz CT molecular complexity index is 961. The Morgan fingerprint density at radius 1 is 1.25 bits per heavy atom. The van der Waals surface area contributed by atoms with E-state index in [0.29, 0.717) is 17.5 Å². The predicted octanol–water partition coefficient (Wildman–Crippen LogP) is 3.15. The molecule has 1 amide bonds. The molecule has 0 aliphatic carbocycles. The highest BCUT2D eigenvalue weighted by atomic mass is 32.2. The molecule has 148 valence electrons. The summed E-state index contributed by atoms with van der Waals surface area (Å²) in [6.45, 7) is 8.77. The average Bonchev–Trinajstić information content (AvgIpc) is 3.28. The van der Waals surface area contributed by atoms with Crippen LogP contribution < -0.4 is 0 Å². The Balaban J connectivity index is 1.70. The number of thioether (sulfide) groups is 1. The van der Waals surface area contributed by atoms with Crippen molar-refractivity contribution in [3.05, 3.63) is 53.6 Å². The first-order valence-electron chi connectivity index (χ1n) is 9.22. The minimum atomic E-state index is 0.0680. The highest BCUT2D eigenvalue weighted by Crippen LogP contribution is 2.22. The fourth-order valence-corrected chi connectivity index (χ4v) is 3.71. The number of hydrogen-bond acceptors (Lipinski definition) is 5. The normalized spacial score (nSPS) is 11.2. The highest BCUT2D eigenvalue weighted by Gasteiger charge is 2.19. The summed E-state index contributed by atoms with van der Waals surface area (Å²) in [5.41, 5.74) is 4.47. The van der Waals surface area contributed by atoms with Crippen LogP contribution in [-0.4, -0.2) is 47.1 Å². The molecule has 0 unspecified atom stereocenters. The minimum Gasteiger partial charge on any atom is -0.335 e. The van der Waals surface area contributed by atoms with Crippen LogP contribution in [0.15, 0.2) is 42.1 Å². The van der Waals surface area contributed by atoms with Crippen molar-refractivity contribution in [2.45, 2.75) is 45.4 Å². The van der Waals surface area contributed by atoms with Gasteiger partial charge in [0.05, 0.1) is 11.9 Å². The van der Waals surface area contributed by atoms with Gasteiger partial charge in [-0.25, -0.2) is 0 Å². The zero-order valence-electron chi connectivity index (χ0n) is 17.0. The Morgan fingerprint density at radius 2 is 2.04 bits per heavy atom. The lowest BCUT2D eigenvalue weighted by molar-refractivity contribution is -0.130. The fourth-order valence-electron chi connectivity index (χ4n) is 2.89. The lowest BCUT2D eigenvalue weighted by atomic mass is 10.1. The van der Waals surface area contributed by atoms with Crippen molar-refractivity contribution in [2.75, 3.05) is 5.75 Å². The maximum absolute atomic E-state index is 12.9. The van der Waals surface area contributed by atoms with Crippen molar-refractivity contribution in [1.82, 2.24) is 29.4 Å². The topological polar surface area (TPSA) is 68.8 Å². The molecule has 3 aromatic rings. The number of nitrogens with zero attached hydrogens (tertiary/aromatic N) is 6. The number of amides is 1. The van der Waals surface area contributed by atoms with E-state index in [1.807, 2.05) is 42.6 Å². The molecule has 0 N–H and O–H groups in total. The lowest BCUT2D eigenvalue weighted by Gasteiger charge is -2.26.